The Hall–Kier alpha value is -1.63. The summed E-state index contributed by atoms with van der Waals surface area (Å²) in [7, 11) is 1.59. The molecule has 7 heteroatoms. The summed E-state index contributed by atoms with van der Waals surface area (Å²) in [6.45, 7) is 1.17. The smallest absolute Gasteiger partial charge is 0.326 e. The lowest BCUT2D eigenvalue weighted by Gasteiger charge is -2.16. The summed E-state index contributed by atoms with van der Waals surface area (Å²) < 4.78 is 0. The molecule has 2 fully saturated rings. The van der Waals surface area contributed by atoms with Gasteiger partial charge >= 0.3 is 6.03 Å². The van der Waals surface area contributed by atoms with Gasteiger partial charge in [-0.05, 0) is 31.1 Å². The van der Waals surface area contributed by atoms with Gasteiger partial charge in [-0.15, -0.1) is 0 Å². The number of hydrogen-bond acceptors (Lipinski definition) is 4. The number of carbonyl (C=O) groups excluding carboxylic acids is 3. The molecule has 1 heterocycles. The van der Waals surface area contributed by atoms with E-state index in [1.807, 2.05) is 0 Å². The summed E-state index contributed by atoms with van der Waals surface area (Å²) in [6, 6.07) is -0.291. The van der Waals surface area contributed by atoms with Crippen molar-refractivity contribution in [1.82, 2.24) is 15.1 Å². The van der Waals surface area contributed by atoms with Gasteiger partial charge in [0.15, 0.2) is 0 Å². The molecule has 1 aliphatic heterocycles. The van der Waals surface area contributed by atoms with Crippen molar-refractivity contribution < 1.29 is 19.5 Å². The Bertz CT molecular complexity index is 434. The van der Waals surface area contributed by atoms with Crippen LogP contribution >= 0.6 is 0 Å². The van der Waals surface area contributed by atoms with E-state index in [0.717, 1.165) is 19.3 Å². The van der Waals surface area contributed by atoms with Crippen LogP contribution in [0.15, 0.2) is 0 Å². The van der Waals surface area contributed by atoms with Crippen molar-refractivity contribution in [2.75, 3.05) is 33.3 Å². The largest absolute Gasteiger partial charge is 0.396 e. The number of carbonyl (C=O) groups is 3. The van der Waals surface area contributed by atoms with Gasteiger partial charge in [-0.1, -0.05) is 0 Å². The van der Waals surface area contributed by atoms with Crippen molar-refractivity contribution in [2.45, 2.75) is 32.1 Å². The standard InChI is InChI=1S/C14H23N3O4/c1-16-9-12(20)17(13(16)21)7-2-3-11(19)15-10-14(4-5-14)6-8-18/h18H,2-10H2,1H3,(H,15,19). The molecule has 0 aromatic carbocycles. The molecule has 4 amide bonds. The topological polar surface area (TPSA) is 90.0 Å². The monoisotopic (exact) mass is 297 g/mol. The summed E-state index contributed by atoms with van der Waals surface area (Å²) in [5.74, 6) is -0.269. The molecule has 0 aromatic rings. The number of aliphatic hydroxyl groups excluding tert-OH is 1. The zero-order valence-corrected chi connectivity index (χ0v) is 12.4. The van der Waals surface area contributed by atoms with Crippen LogP contribution in [0.4, 0.5) is 4.79 Å². The Balaban J connectivity index is 1.63. The number of nitrogens with one attached hydrogen (secondary N) is 1. The minimum Gasteiger partial charge on any atom is -0.396 e. The minimum atomic E-state index is -0.291. The number of likely N-dealkylation sites (N-methyl/N-ethyl adjacent to an activating group) is 1. The number of aliphatic hydroxyl groups is 1. The van der Waals surface area contributed by atoms with E-state index in [0.29, 0.717) is 19.4 Å². The van der Waals surface area contributed by atoms with Gasteiger partial charge in [0.25, 0.3) is 0 Å². The molecule has 2 N–H and O–H groups in total. The molecular formula is C14H23N3O4. The van der Waals surface area contributed by atoms with Crippen LogP contribution in [0.2, 0.25) is 0 Å². The maximum atomic E-state index is 11.8. The summed E-state index contributed by atoms with van der Waals surface area (Å²) in [4.78, 5) is 37.5. The number of rotatable bonds is 8. The fourth-order valence-electron chi connectivity index (χ4n) is 2.59. The molecule has 7 nitrogen and oxygen atoms in total. The summed E-state index contributed by atoms with van der Waals surface area (Å²) in [5.41, 5.74) is 0.105. The Morgan fingerprint density at radius 3 is 2.62 bits per heavy atom. The lowest BCUT2D eigenvalue weighted by molar-refractivity contribution is -0.126. The van der Waals surface area contributed by atoms with E-state index < -0.39 is 0 Å². The van der Waals surface area contributed by atoms with Gasteiger partial charge < -0.3 is 15.3 Å². The van der Waals surface area contributed by atoms with Crippen LogP contribution in [0, 0.1) is 5.41 Å². The lowest BCUT2D eigenvalue weighted by atomic mass is 10.0. The second-order valence-corrected chi connectivity index (χ2v) is 6.04. The fraction of sp³-hybridized carbons (Fsp3) is 0.786. The van der Waals surface area contributed by atoms with Gasteiger partial charge in [-0.3, -0.25) is 14.5 Å². The molecule has 0 atom stereocenters. The highest BCUT2D eigenvalue weighted by Gasteiger charge is 2.41. The number of imide groups is 1. The van der Waals surface area contributed by atoms with Gasteiger partial charge in [0.1, 0.15) is 6.54 Å². The van der Waals surface area contributed by atoms with E-state index in [9.17, 15) is 14.4 Å². The molecule has 21 heavy (non-hydrogen) atoms. The normalized spacial score (nSPS) is 20.1. The molecule has 0 aromatic heterocycles. The van der Waals surface area contributed by atoms with Crippen LogP contribution in [0.5, 0.6) is 0 Å². The molecule has 0 spiro atoms. The van der Waals surface area contributed by atoms with Crippen molar-refractivity contribution in [2.24, 2.45) is 5.41 Å². The van der Waals surface area contributed by atoms with E-state index >= 15 is 0 Å². The third-order valence-corrected chi connectivity index (χ3v) is 4.28. The minimum absolute atomic E-state index is 0.0633. The molecular weight excluding hydrogens is 274 g/mol. The third kappa shape index (κ3) is 3.93. The van der Waals surface area contributed by atoms with Crippen LogP contribution < -0.4 is 5.32 Å². The Morgan fingerprint density at radius 1 is 1.38 bits per heavy atom. The van der Waals surface area contributed by atoms with Gasteiger partial charge in [-0.25, -0.2) is 4.79 Å². The summed E-state index contributed by atoms with van der Waals surface area (Å²) in [5, 5.41) is 11.8. The Labute approximate surface area is 124 Å². The average Bonchev–Trinajstić information content (AvgIpc) is 3.16. The maximum Gasteiger partial charge on any atom is 0.326 e. The van der Waals surface area contributed by atoms with Gasteiger partial charge in [-0.2, -0.15) is 0 Å². The number of nitrogens with zero attached hydrogens (tertiary/aromatic N) is 2. The zero-order chi connectivity index (χ0) is 15.5. The van der Waals surface area contributed by atoms with Crippen LogP contribution in [-0.4, -0.2) is 66.0 Å². The van der Waals surface area contributed by atoms with E-state index in [1.165, 1.54) is 9.80 Å². The lowest BCUT2D eigenvalue weighted by Crippen LogP contribution is -2.34. The molecule has 1 saturated heterocycles. The summed E-state index contributed by atoms with van der Waals surface area (Å²) >= 11 is 0. The van der Waals surface area contributed by atoms with Crippen LogP contribution in [0.25, 0.3) is 0 Å². The quantitative estimate of drug-likeness (QED) is 0.614. The first-order valence-electron chi connectivity index (χ1n) is 7.40. The molecule has 0 radical (unpaired) electrons. The number of urea groups is 1. The SMILES string of the molecule is CN1CC(=O)N(CCCC(=O)NCC2(CCO)CC2)C1=O. The predicted octanol–water partition coefficient (Wildman–Crippen LogP) is -0.0606. The first-order valence-corrected chi connectivity index (χ1v) is 7.40. The van der Waals surface area contributed by atoms with E-state index in [4.69, 9.17) is 5.11 Å². The molecule has 2 rings (SSSR count). The van der Waals surface area contributed by atoms with E-state index in [1.54, 1.807) is 7.05 Å². The first kappa shape index (κ1) is 15.8. The van der Waals surface area contributed by atoms with Crippen molar-refractivity contribution in [3.63, 3.8) is 0 Å². The second-order valence-electron chi connectivity index (χ2n) is 6.04. The second kappa shape index (κ2) is 6.43. The van der Waals surface area contributed by atoms with E-state index in [-0.39, 0.29) is 43.0 Å². The van der Waals surface area contributed by atoms with Crippen molar-refractivity contribution in [1.29, 1.82) is 0 Å². The molecule has 118 valence electrons. The van der Waals surface area contributed by atoms with Crippen molar-refractivity contribution in [3.05, 3.63) is 0 Å². The average molecular weight is 297 g/mol. The molecule has 1 saturated carbocycles. The van der Waals surface area contributed by atoms with Crippen LogP contribution in [0.1, 0.15) is 32.1 Å². The Morgan fingerprint density at radius 2 is 2.10 bits per heavy atom. The van der Waals surface area contributed by atoms with Crippen molar-refractivity contribution >= 4 is 17.8 Å². The molecule has 2 aliphatic rings. The predicted molar refractivity (Wildman–Crippen MR) is 75.4 cm³/mol. The van der Waals surface area contributed by atoms with E-state index in [2.05, 4.69) is 5.32 Å². The maximum absolute atomic E-state index is 11.8. The van der Waals surface area contributed by atoms with Gasteiger partial charge in [0.05, 0.1) is 0 Å². The first-order chi connectivity index (χ1) is 9.97. The number of amides is 4. The highest BCUT2D eigenvalue weighted by Crippen LogP contribution is 2.47. The van der Waals surface area contributed by atoms with Gasteiger partial charge in [0, 0.05) is 33.2 Å². The molecule has 0 unspecified atom stereocenters. The highest BCUT2D eigenvalue weighted by molar-refractivity contribution is 6.01. The molecule has 1 aliphatic carbocycles. The fourth-order valence-corrected chi connectivity index (χ4v) is 2.59. The van der Waals surface area contributed by atoms with Crippen molar-refractivity contribution in [3.8, 4) is 0 Å². The van der Waals surface area contributed by atoms with Crippen LogP contribution in [-0.2, 0) is 9.59 Å². The third-order valence-electron chi connectivity index (χ3n) is 4.28. The van der Waals surface area contributed by atoms with Crippen LogP contribution in [0.3, 0.4) is 0 Å². The molecule has 0 bridgehead atoms. The summed E-state index contributed by atoms with van der Waals surface area (Å²) in [6.07, 6.45) is 3.62. The number of hydrogen-bond donors (Lipinski definition) is 2. The zero-order valence-electron chi connectivity index (χ0n) is 12.4. The highest BCUT2D eigenvalue weighted by atomic mass is 16.3. The Kier molecular flexibility index (Phi) is 4.82. The van der Waals surface area contributed by atoms with Gasteiger partial charge in [0.2, 0.25) is 11.8 Å².